The van der Waals surface area contributed by atoms with Crippen molar-refractivity contribution in [1.82, 2.24) is 0 Å². The molecule has 0 saturated carbocycles. The van der Waals surface area contributed by atoms with E-state index in [1.54, 1.807) is 0 Å². The van der Waals surface area contributed by atoms with Gasteiger partial charge >= 0.3 is 16.5 Å². The van der Waals surface area contributed by atoms with E-state index in [4.69, 9.17) is 0 Å². The molecular formula is C2H4Na4O5P2+2. The molecule has 11 heteroatoms. The van der Waals surface area contributed by atoms with Crippen molar-refractivity contribution in [2.75, 3.05) is 13.2 Å². The van der Waals surface area contributed by atoms with Gasteiger partial charge in [0, 0.05) is 127 Å². The molecule has 2 atom stereocenters. The SMILES string of the molecule is O=[P+]1OCCO[P+](=O)O1.[Na].[Na].[Na].[Na]. The van der Waals surface area contributed by atoms with Crippen molar-refractivity contribution in [1.29, 1.82) is 0 Å². The van der Waals surface area contributed by atoms with Gasteiger partial charge in [-0.15, -0.1) is 9.05 Å². The van der Waals surface area contributed by atoms with Crippen LogP contribution in [0.25, 0.3) is 0 Å². The van der Waals surface area contributed by atoms with Gasteiger partial charge in [0.15, 0.2) is 4.31 Å². The third-order valence-corrected chi connectivity index (χ3v) is 2.46. The van der Waals surface area contributed by atoms with Crippen LogP contribution in [0, 0.1) is 0 Å². The average molecular weight is 262 g/mol. The molecule has 0 aromatic carbocycles. The van der Waals surface area contributed by atoms with Crippen LogP contribution in [0.2, 0.25) is 0 Å². The first-order valence-electron chi connectivity index (χ1n) is 2.17. The third-order valence-electron chi connectivity index (χ3n) is 0.610. The van der Waals surface area contributed by atoms with Crippen LogP contribution in [0.5, 0.6) is 0 Å². The molecule has 0 aromatic rings. The summed E-state index contributed by atoms with van der Waals surface area (Å²) in [6, 6.07) is 0. The molecule has 4 radical (unpaired) electrons. The van der Waals surface area contributed by atoms with Crippen molar-refractivity contribution in [3.63, 3.8) is 0 Å². The van der Waals surface area contributed by atoms with Crippen LogP contribution in [-0.4, -0.2) is 131 Å². The van der Waals surface area contributed by atoms with Gasteiger partial charge < -0.3 is 0 Å². The predicted octanol–water partition coefficient (Wildman–Crippen LogP) is -0.159. The summed E-state index contributed by atoms with van der Waals surface area (Å²) in [5, 5.41) is 0. The third kappa shape index (κ3) is 14.0. The number of hydrogen-bond acceptors (Lipinski definition) is 5. The molecule has 1 saturated heterocycles. The van der Waals surface area contributed by atoms with E-state index in [0.717, 1.165) is 0 Å². The van der Waals surface area contributed by atoms with Crippen LogP contribution in [0.3, 0.4) is 0 Å². The minimum atomic E-state index is -2.22. The first-order valence-corrected chi connectivity index (χ1v) is 4.36. The molecule has 1 fully saturated rings. The standard InChI is InChI=1S/C2H4O5P2.4Na/c3-8-5-1-2-6-9(4)7-8;;;;/h1-2H2;;;;/q+2;;;;. The Labute approximate surface area is 167 Å². The molecule has 5 nitrogen and oxygen atoms in total. The second-order valence-electron chi connectivity index (χ2n) is 1.20. The fourth-order valence-corrected chi connectivity index (χ4v) is 1.58. The topological polar surface area (TPSA) is 61.8 Å². The Morgan fingerprint density at radius 2 is 1.08 bits per heavy atom. The van der Waals surface area contributed by atoms with Crippen LogP contribution in [0.4, 0.5) is 0 Å². The van der Waals surface area contributed by atoms with Crippen LogP contribution < -0.4 is 0 Å². The van der Waals surface area contributed by atoms with Gasteiger partial charge in [-0.1, -0.05) is 0 Å². The molecule has 54 valence electrons. The fourth-order valence-electron chi connectivity index (χ4n) is 0.325. The normalized spacial score (nSPS) is 20.6. The van der Waals surface area contributed by atoms with Crippen molar-refractivity contribution in [2.24, 2.45) is 0 Å². The molecule has 2 unspecified atom stereocenters. The molecule has 0 aliphatic carbocycles. The van der Waals surface area contributed by atoms with E-state index in [0.29, 0.717) is 0 Å². The zero-order chi connectivity index (χ0) is 6.69. The summed E-state index contributed by atoms with van der Waals surface area (Å²) in [7, 11) is -4.43. The van der Waals surface area contributed by atoms with Crippen molar-refractivity contribution in [3.8, 4) is 0 Å². The van der Waals surface area contributed by atoms with E-state index >= 15 is 0 Å². The van der Waals surface area contributed by atoms with Crippen molar-refractivity contribution >= 4 is 135 Å². The Hall–Kier alpha value is 4.08. The monoisotopic (exact) mass is 262 g/mol. The van der Waals surface area contributed by atoms with E-state index in [1.807, 2.05) is 0 Å². The first kappa shape index (κ1) is 25.8. The van der Waals surface area contributed by atoms with Gasteiger partial charge in [-0.05, 0) is 0 Å². The molecule has 0 N–H and O–H groups in total. The maximum Gasteiger partial charge on any atom is 0.747 e. The van der Waals surface area contributed by atoms with Gasteiger partial charge in [-0.25, -0.2) is 0 Å². The largest absolute Gasteiger partial charge is 0.747 e. The van der Waals surface area contributed by atoms with Gasteiger partial charge in [0.2, 0.25) is 0 Å². The summed E-state index contributed by atoms with van der Waals surface area (Å²) in [6.07, 6.45) is 0. The molecule has 1 aliphatic heterocycles. The first-order chi connectivity index (χ1) is 4.29. The van der Waals surface area contributed by atoms with E-state index in [9.17, 15) is 9.13 Å². The number of hydrogen-bond donors (Lipinski definition) is 0. The Balaban J connectivity index is -0.000000101. The summed E-state index contributed by atoms with van der Waals surface area (Å²) in [5.74, 6) is 0. The molecular weight excluding hydrogens is 258 g/mol. The van der Waals surface area contributed by atoms with Crippen molar-refractivity contribution in [2.45, 2.75) is 0 Å². The fraction of sp³-hybridized carbons (Fsp3) is 1.00. The van der Waals surface area contributed by atoms with Crippen LogP contribution in [0.1, 0.15) is 0 Å². The molecule has 0 aromatic heterocycles. The van der Waals surface area contributed by atoms with Crippen molar-refractivity contribution in [3.05, 3.63) is 0 Å². The van der Waals surface area contributed by atoms with Crippen LogP contribution in [0.15, 0.2) is 0 Å². The summed E-state index contributed by atoms with van der Waals surface area (Å²) in [5.41, 5.74) is 0. The second-order valence-corrected chi connectivity index (χ2v) is 3.26. The van der Waals surface area contributed by atoms with Gasteiger partial charge in [0.25, 0.3) is 0 Å². The smallest absolute Gasteiger partial charge is 0.114 e. The Morgan fingerprint density at radius 3 is 1.38 bits per heavy atom. The van der Waals surface area contributed by atoms with E-state index in [1.165, 1.54) is 0 Å². The second kappa shape index (κ2) is 16.1. The summed E-state index contributed by atoms with van der Waals surface area (Å²) >= 11 is 0. The van der Waals surface area contributed by atoms with E-state index in [2.05, 4.69) is 13.4 Å². The molecule has 0 amide bonds. The van der Waals surface area contributed by atoms with Gasteiger partial charge in [0.05, 0.1) is 0 Å². The van der Waals surface area contributed by atoms with E-state index < -0.39 is 16.5 Å². The quantitative estimate of drug-likeness (QED) is 0.448. The van der Waals surface area contributed by atoms with Gasteiger partial charge in [-0.2, -0.15) is 0 Å². The zero-order valence-corrected chi connectivity index (χ0v) is 18.1. The summed E-state index contributed by atoms with van der Waals surface area (Å²) in [4.78, 5) is 0. The van der Waals surface area contributed by atoms with Crippen molar-refractivity contribution < 1.29 is 22.5 Å². The molecule has 0 bridgehead atoms. The molecule has 13 heavy (non-hydrogen) atoms. The minimum absolute atomic E-state index is 0. The Morgan fingerprint density at radius 1 is 0.769 bits per heavy atom. The molecule has 1 aliphatic rings. The minimum Gasteiger partial charge on any atom is -0.114 e. The van der Waals surface area contributed by atoms with Gasteiger partial charge in [0.1, 0.15) is 13.2 Å². The van der Waals surface area contributed by atoms with Gasteiger partial charge in [-0.3, -0.25) is 0 Å². The van der Waals surface area contributed by atoms with E-state index in [-0.39, 0.29) is 131 Å². The Bertz CT molecular complexity index is 139. The zero-order valence-electron chi connectivity index (χ0n) is 8.35. The molecule has 0 spiro atoms. The predicted molar refractivity (Wildman–Crippen MR) is 51.2 cm³/mol. The Kier molecular flexibility index (Phi) is 31.9. The average Bonchev–Trinajstić information content (AvgIpc) is 1.93. The maximum atomic E-state index is 10.3. The summed E-state index contributed by atoms with van der Waals surface area (Å²) < 4.78 is 33.8. The summed E-state index contributed by atoms with van der Waals surface area (Å²) in [6.45, 7) is 0.326. The van der Waals surface area contributed by atoms with Crippen LogP contribution in [-0.2, 0) is 22.5 Å². The maximum absolute atomic E-state index is 10.3. The number of rotatable bonds is 0. The van der Waals surface area contributed by atoms with Crippen LogP contribution >= 0.6 is 16.5 Å². The molecule has 1 heterocycles. The molecule has 1 rings (SSSR count).